The summed E-state index contributed by atoms with van der Waals surface area (Å²) in [6, 6.07) is 4.34. The lowest BCUT2D eigenvalue weighted by molar-refractivity contribution is 0.319. The maximum absolute atomic E-state index is 12.9. The van der Waals surface area contributed by atoms with Crippen LogP contribution in [0.5, 0.6) is 5.75 Å². The smallest absolute Gasteiger partial charge is 0.128 e. The molecule has 1 aromatic carbocycles. The first kappa shape index (κ1) is 8.04. The second-order valence-corrected chi connectivity index (χ2v) is 2.81. The lowest BCUT2D eigenvalue weighted by Gasteiger charge is -2.17. The monoisotopic (exact) mass is 180 g/mol. The average molecular weight is 180 g/mol. The molecule has 0 saturated heterocycles. The van der Waals surface area contributed by atoms with E-state index in [1.807, 2.05) is 0 Å². The Bertz CT molecular complexity index is 363. The van der Waals surface area contributed by atoms with Gasteiger partial charge in [0.15, 0.2) is 0 Å². The van der Waals surface area contributed by atoms with Crippen molar-refractivity contribution in [1.82, 2.24) is 0 Å². The Morgan fingerprint density at radius 1 is 1.46 bits per heavy atom. The van der Waals surface area contributed by atoms with E-state index in [9.17, 15) is 4.39 Å². The molecule has 2 rings (SSSR count). The molecule has 0 fully saturated rings. The third-order valence-corrected chi connectivity index (χ3v) is 2.00. The largest absolute Gasteiger partial charge is 0.492 e. The fourth-order valence-corrected chi connectivity index (χ4v) is 1.38. The molecule has 3 nitrogen and oxygen atoms in total. The van der Waals surface area contributed by atoms with Crippen molar-refractivity contribution in [2.75, 3.05) is 6.61 Å². The lowest BCUT2D eigenvalue weighted by atomic mass is 10.0. The topological polar surface area (TPSA) is 47.6 Å². The van der Waals surface area contributed by atoms with Gasteiger partial charge in [0.1, 0.15) is 11.6 Å². The van der Waals surface area contributed by atoms with Crippen LogP contribution in [0.1, 0.15) is 12.0 Å². The Labute approximate surface area is 75.0 Å². The van der Waals surface area contributed by atoms with Gasteiger partial charge in [-0.25, -0.2) is 4.39 Å². The molecule has 13 heavy (non-hydrogen) atoms. The van der Waals surface area contributed by atoms with Gasteiger partial charge in [0, 0.05) is 12.0 Å². The highest BCUT2D eigenvalue weighted by atomic mass is 19.1. The lowest BCUT2D eigenvalue weighted by Crippen LogP contribution is -2.17. The fraction of sp³-hybridized carbons (Fsp3) is 0.222. The summed E-state index contributed by atoms with van der Waals surface area (Å²) < 4.78 is 18.2. The van der Waals surface area contributed by atoms with Crippen LogP contribution in [0.4, 0.5) is 4.39 Å². The van der Waals surface area contributed by atoms with Gasteiger partial charge in [0.05, 0.1) is 12.3 Å². The molecular weight excluding hydrogens is 171 g/mol. The summed E-state index contributed by atoms with van der Waals surface area (Å²) in [6.45, 7) is 0.550. The number of ether oxygens (including phenoxy) is 1. The summed E-state index contributed by atoms with van der Waals surface area (Å²) in [5.74, 6) is 5.53. The molecule has 0 unspecified atom stereocenters. The molecule has 4 heteroatoms. The molecule has 0 amide bonds. The van der Waals surface area contributed by atoms with Crippen LogP contribution >= 0.6 is 0 Å². The molecule has 0 spiro atoms. The fourth-order valence-electron chi connectivity index (χ4n) is 1.38. The molecule has 0 saturated carbocycles. The van der Waals surface area contributed by atoms with Gasteiger partial charge in [-0.1, -0.05) is 0 Å². The molecule has 1 aliphatic heterocycles. The highest BCUT2D eigenvalue weighted by molar-refractivity contribution is 6.03. The van der Waals surface area contributed by atoms with Crippen LogP contribution in [0.25, 0.3) is 0 Å². The molecule has 1 aromatic rings. The first-order valence-electron chi connectivity index (χ1n) is 4.01. The number of hydrogen-bond acceptors (Lipinski definition) is 3. The molecule has 0 atom stereocenters. The SMILES string of the molecule is N/N=C1\CCOc2ccc(F)cc21. The van der Waals surface area contributed by atoms with Gasteiger partial charge in [-0.15, -0.1) is 0 Å². The third kappa shape index (κ3) is 1.35. The Hall–Kier alpha value is -1.58. The van der Waals surface area contributed by atoms with Crippen molar-refractivity contribution in [1.29, 1.82) is 0 Å². The van der Waals surface area contributed by atoms with E-state index in [2.05, 4.69) is 5.10 Å². The molecule has 0 bridgehead atoms. The standard InChI is InChI=1S/C9H9FN2O/c10-6-1-2-9-7(5-6)8(12-11)3-4-13-9/h1-2,5H,3-4,11H2/b12-8+. The summed E-state index contributed by atoms with van der Waals surface area (Å²) in [7, 11) is 0. The number of benzene rings is 1. The van der Waals surface area contributed by atoms with Crippen molar-refractivity contribution in [3.63, 3.8) is 0 Å². The molecule has 1 aliphatic rings. The normalized spacial score (nSPS) is 18.1. The van der Waals surface area contributed by atoms with Gasteiger partial charge >= 0.3 is 0 Å². The van der Waals surface area contributed by atoms with E-state index in [0.717, 1.165) is 0 Å². The number of nitrogens with zero attached hydrogens (tertiary/aromatic N) is 1. The van der Waals surface area contributed by atoms with E-state index >= 15 is 0 Å². The number of hydrazone groups is 1. The van der Waals surface area contributed by atoms with E-state index in [0.29, 0.717) is 30.1 Å². The van der Waals surface area contributed by atoms with Crippen LogP contribution in [-0.2, 0) is 0 Å². The minimum atomic E-state index is -0.301. The zero-order valence-electron chi connectivity index (χ0n) is 6.96. The van der Waals surface area contributed by atoms with Crippen LogP contribution in [0.15, 0.2) is 23.3 Å². The molecule has 0 radical (unpaired) electrons. The predicted molar refractivity (Wildman–Crippen MR) is 47.2 cm³/mol. The number of fused-ring (bicyclic) bond motifs is 1. The molecule has 0 aromatic heterocycles. The average Bonchev–Trinajstić information content (AvgIpc) is 2.17. The van der Waals surface area contributed by atoms with Gasteiger partial charge in [0.2, 0.25) is 0 Å². The second kappa shape index (κ2) is 3.05. The third-order valence-electron chi connectivity index (χ3n) is 2.00. The molecule has 2 N–H and O–H groups in total. The van der Waals surface area contributed by atoms with E-state index < -0.39 is 0 Å². The molecule has 68 valence electrons. The number of halogens is 1. The van der Waals surface area contributed by atoms with Crippen LogP contribution < -0.4 is 10.6 Å². The van der Waals surface area contributed by atoms with E-state index in [1.54, 1.807) is 6.07 Å². The maximum atomic E-state index is 12.9. The molecular formula is C9H9FN2O. The van der Waals surface area contributed by atoms with Crippen molar-refractivity contribution in [2.45, 2.75) is 6.42 Å². The minimum absolute atomic E-state index is 0.301. The first-order valence-corrected chi connectivity index (χ1v) is 4.01. The maximum Gasteiger partial charge on any atom is 0.128 e. The number of rotatable bonds is 0. The highest BCUT2D eigenvalue weighted by Gasteiger charge is 2.16. The van der Waals surface area contributed by atoms with Crippen molar-refractivity contribution in [2.24, 2.45) is 10.9 Å². The number of nitrogens with two attached hydrogens (primary N) is 1. The van der Waals surface area contributed by atoms with Gasteiger partial charge in [-0.05, 0) is 18.2 Å². The predicted octanol–water partition coefficient (Wildman–Crippen LogP) is 1.27. The zero-order valence-corrected chi connectivity index (χ0v) is 6.96. The Balaban J connectivity index is 2.54. The van der Waals surface area contributed by atoms with Gasteiger partial charge in [-0.2, -0.15) is 5.10 Å². The summed E-state index contributed by atoms with van der Waals surface area (Å²) in [6.07, 6.45) is 0.632. The zero-order chi connectivity index (χ0) is 9.26. The van der Waals surface area contributed by atoms with Gasteiger partial charge in [-0.3, -0.25) is 0 Å². The minimum Gasteiger partial charge on any atom is -0.492 e. The summed E-state index contributed by atoms with van der Waals surface area (Å²) >= 11 is 0. The van der Waals surface area contributed by atoms with Crippen molar-refractivity contribution >= 4 is 5.71 Å². The van der Waals surface area contributed by atoms with Gasteiger partial charge in [0.25, 0.3) is 0 Å². The van der Waals surface area contributed by atoms with Crippen LogP contribution in [0.2, 0.25) is 0 Å². The van der Waals surface area contributed by atoms with Crippen molar-refractivity contribution < 1.29 is 9.13 Å². The highest BCUT2D eigenvalue weighted by Crippen LogP contribution is 2.25. The Kier molecular flexibility index (Phi) is 1.88. The van der Waals surface area contributed by atoms with Crippen molar-refractivity contribution in [3.8, 4) is 5.75 Å². The molecule has 1 heterocycles. The molecule has 0 aliphatic carbocycles. The summed E-state index contributed by atoms with van der Waals surface area (Å²) in [5, 5.41) is 3.60. The van der Waals surface area contributed by atoms with Crippen LogP contribution in [0.3, 0.4) is 0 Å². The van der Waals surface area contributed by atoms with E-state index in [1.165, 1.54) is 12.1 Å². The quantitative estimate of drug-likeness (QED) is 0.482. The second-order valence-electron chi connectivity index (χ2n) is 2.81. The van der Waals surface area contributed by atoms with Crippen LogP contribution in [0, 0.1) is 5.82 Å². The van der Waals surface area contributed by atoms with Gasteiger partial charge < -0.3 is 10.6 Å². The van der Waals surface area contributed by atoms with Crippen molar-refractivity contribution in [3.05, 3.63) is 29.6 Å². The Morgan fingerprint density at radius 3 is 3.08 bits per heavy atom. The van der Waals surface area contributed by atoms with Crippen LogP contribution in [-0.4, -0.2) is 12.3 Å². The number of hydrogen-bond donors (Lipinski definition) is 1. The Morgan fingerprint density at radius 2 is 2.31 bits per heavy atom. The van der Waals surface area contributed by atoms with E-state index in [4.69, 9.17) is 10.6 Å². The first-order chi connectivity index (χ1) is 6.31. The summed E-state index contributed by atoms with van der Waals surface area (Å²) in [5.41, 5.74) is 1.36. The summed E-state index contributed by atoms with van der Waals surface area (Å²) in [4.78, 5) is 0. The van der Waals surface area contributed by atoms with E-state index in [-0.39, 0.29) is 5.82 Å².